The van der Waals surface area contributed by atoms with Crippen molar-refractivity contribution in [3.8, 4) is 5.75 Å². The molecule has 0 spiro atoms. The second kappa shape index (κ2) is 13.0. The van der Waals surface area contributed by atoms with Crippen LogP contribution in [0.4, 0.5) is 5.13 Å². The van der Waals surface area contributed by atoms with E-state index < -0.39 is 63.7 Å². The molecule has 8 N–H and O–H groups in total. The van der Waals surface area contributed by atoms with Crippen molar-refractivity contribution in [2.75, 3.05) is 19.4 Å². The zero-order valence-corrected chi connectivity index (χ0v) is 24.5. The van der Waals surface area contributed by atoms with Gasteiger partial charge in [-0.15, -0.1) is 11.3 Å². The number of carbonyl (C=O) groups is 4. The number of anilines is 1. The predicted octanol–water partition coefficient (Wildman–Crippen LogP) is -1.96. The summed E-state index contributed by atoms with van der Waals surface area (Å²) < 4.78 is 33.8. The van der Waals surface area contributed by atoms with E-state index in [2.05, 4.69) is 30.9 Å². The number of carbonyl (C=O) groups excluding carboxylic acids is 4. The van der Waals surface area contributed by atoms with Gasteiger partial charge in [0.05, 0.1) is 24.5 Å². The van der Waals surface area contributed by atoms with Crippen LogP contribution in [-0.2, 0) is 31.3 Å². The fraction of sp³-hybridized carbons (Fsp3) is 0.208. The summed E-state index contributed by atoms with van der Waals surface area (Å²) in [7, 11) is -3.94. The van der Waals surface area contributed by atoms with E-state index in [1.807, 2.05) is 0 Å². The number of aromatic hydroxyl groups is 1. The number of oxime groups is 1. The lowest BCUT2D eigenvalue weighted by molar-refractivity contribution is -0.144. The SMILES string of the molecule is CO/N=C(\C(=O)N[C@@H]1C(=O)N(S(=O)(=O)O)[C@@H]1CNC(=O)c1cccc(C(=O)NCc2cc(=O)c(O)cn2O)c1)c1csc(N)n1. The molecule has 3 aromatic rings. The number of hydrogen-bond acceptors (Lipinski definition) is 14. The summed E-state index contributed by atoms with van der Waals surface area (Å²) >= 11 is 0.994. The van der Waals surface area contributed by atoms with Crippen LogP contribution < -0.4 is 27.1 Å². The number of β-lactam (4-membered cyclic amide) rings is 1. The van der Waals surface area contributed by atoms with Crippen molar-refractivity contribution in [1.29, 1.82) is 0 Å². The topological polar surface area (TPSA) is 285 Å². The van der Waals surface area contributed by atoms with E-state index in [0.717, 1.165) is 30.7 Å². The van der Waals surface area contributed by atoms with Crippen molar-refractivity contribution in [3.63, 3.8) is 0 Å². The summed E-state index contributed by atoms with van der Waals surface area (Å²) in [4.78, 5) is 71.2. The maximum atomic E-state index is 12.9. The summed E-state index contributed by atoms with van der Waals surface area (Å²) in [5.74, 6) is -4.40. The number of thiazole rings is 1. The van der Waals surface area contributed by atoms with Gasteiger partial charge in [-0.05, 0) is 18.2 Å². The summed E-state index contributed by atoms with van der Waals surface area (Å²) in [6.07, 6.45) is 0.757. The fourth-order valence-corrected chi connectivity index (χ4v) is 5.55. The smallest absolute Gasteiger partial charge is 0.362 e. The largest absolute Gasteiger partial charge is 0.503 e. The van der Waals surface area contributed by atoms with Crippen molar-refractivity contribution in [2.24, 2.45) is 5.16 Å². The van der Waals surface area contributed by atoms with Crippen molar-refractivity contribution >= 4 is 56.1 Å². The molecule has 3 heterocycles. The third-order valence-electron chi connectivity index (χ3n) is 6.24. The van der Waals surface area contributed by atoms with Gasteiger partial charge in [0, 0.05) is 29.1 Å². The zero-order valence-electron chi connectivity index (χ0n) is 22.9. The molecule has 1 aliphatic rings. The van der Waals surface area contributed by atoms with Crippen LogP contribution in [-0.4, -0.2) is 92.4 Å². The van der Waals surface area contributed by atoms with Crippen LogP contribution in [0.2, 0.25) is 0 Å². The minimum Gasteiger partial charge on any atom is -0.503 e. The minimum atomic E-state index is -5.09. The highest BCUT2D eigenvalue weighted by atomic mass is 32.2. The maximum Gasteiger partial charge on any atom is 0.362 e. The van der Waals surface area contributed by atoms with Crippen LogP contribution in [0.1, 0.15) is 32.1 Å². The van der Waals surface area contributed by atoms with E-state index in [9.17, 15) is 47.3 Å². The molecule has 2 atom stereocenters. The van der Waals surface area contributed by atoms with E-state index in [0.29, 0.717) is 4.73 Å². The predicted molar refractivity (Wildman–Crippen MR) is 154 cm³/mol. The second-order valence-electron chi connectivity index (χ2n) is 9.16. The van der Waals surface area contributed by atoms with Gasteiger partial charge in [-0.3, -0.25) is 28.5 Å². The highest BCUT2D eigenvalue weighted by molar-refractivity contribution is 7.84. The van der Waals surface area contributed by atoms with E-state index in [4.69, 9.17) is 5.73 Å². The quantitative estimate of drug-likeness (QED) is 0.0386. The third-order valence-corrected chi connectivity index (χ3v) is 7.87. The van der Waals surface area contributed by atoms with Crippen LogP contribution in [0, 0.1) is 0 Å². The molecular weight excluding hydrogens is 640 g/mol. The minimum absolute atomic E-state index is 0.00979. The standard InChI is InChI=1S/C24H24N8O11S2/c1-43-30-18(14-10-44-24(25)28-14)22(37)29-19-15(32(23(19)38)45(40,41)42)8-27-21(36)12-4-2-3-11(5-12)20(35)26-7-13-6-16(33)17(34)9-31(13)39/h2-6,9-10,15,19,34,39H,7-8H2,1H3,(H2,25,28)(H,26,35)(H,27,36)(H,29,37)(H,40,41,42)/b30-18-/t15-,19+/m1/s1. The molecule has 0 bridgehead atoms. The van der Waals surface area contributed by atoms with Crippen LogP contribution in [0.3, 0.4) is 0 Å². The molecule has 1 aromatic carbocycles. The van der Waals surface area contributed by atoms with Crippen LogP contribution in [0.5, 0.6) is 5.75 Å². The Kier molecular flexibility index (Phi) is 9.34. The van der Waals surface area contributed by atoms with Crippen LogP contribution in [0.25, 0.3) is 0 Å². The fourth-order valence-electron chi connectivity index (χ4n) is 4.12. The van der Waals surface area contributed by atoms with Gasteiger partial charge in [-0.1, -0.05) is 11.2 Å². The molecule has 1 fully saturated rings. The first-order valence-corrected chi connectivity index (χ1v) is 14.7. The molecule has 0 unspecified atom stereocenters. The Bertz CT molecular complexity index is 1870. The van der Waals surface area contributed by atoms with Gasteiger partial charge < -0.3 is 36.8 Å². The summed E-state index contributed by atoms with van der Waals surface area (Å²) in [5.41, 5.74) is 4.33. The van der Waals surface area contributed by atoms with Crippen LogP contribution in [0.15, 0.2) is 51.9 Å². The van der Waals surface area contributed by atoms with E-state index in [1.165, 1.54) is 29.6 Å². The molecule has 21 heteroatoms. The molecule has 4 rings (SSSR count). The first-order valence-electron chi connectivity index (χ1n) is 12.5. The normalized spacial score (nSPS) is 16.4. The molecule has 4 amide bonds. The number of rotatable bonds is 11. The van der Waals surface area contributed by atoms with Gasteiger partial charge in [0.2, 0.25) is 5.43 Å². The molecule has 19 nitrogen and oxygen atoms in total. The van der Waals surface area contributed by atoms with E-state index >= 15 is 0 Å². The molecule has 2 aromatic heterocycles. The molecule has 45 heavy (non-hydrogen) atoms. The Morgan fingerprint density at radius 2 is 1.82 bits per heavy atom. The Balaban J connectivity index is 1.44. The average Bonchev–Trinajstić information content (AvgIpc) is 3.42. The number of nitrogens with two attached hydrogens (primary N) is 1. The van der Waals surface area contributed by atoms with Gasteiger partial charge in [-0.2, -0.15) is 13.1 Å². The lowest BCUT2D eigenvalue weighted by atomic mass is 9.98. The van der Waals surface area contributed by atoms with Crippen molar-refractivity contribution < 1.29 is 47.3 Å². The zero-order chi connectivity index (χ0) is 33.1. The molecule has 0 radical (unpaired) electrons. The van der Waals surface area contributed by atoms with Gasteiger partial charge in [0.15, 0.2) is 16.6 Å². The first-order chi connectivity index (χ1) is 21.2. The van der Waals surface area contributed by atoms with Crippen LogP contribution >= 0.6 is 11.3 Å². The summed E-state index contributed by atoms with van der Waals surface area (Å²) in [6, 6.07) is 3.17. The van der Waals surface area contributed by atoms with Gasteiger partial charge in [0.1, 0.15) is 18.8 Å². The number of nitrogens with one attached hydrogen (secondary N) is 3. The monoisotopic (exact) mass is 664 g/mol. The van der Waals surface area contributed by atoms with Gasteiger partial charge in [0.25, 0.3) is 23.6 Å². The summed E-state index contributed by atoms with van der Waals surface area (Å²) in [5, 5.41) is 31.3. The number of aromatic nitrogens is 2. The van der Waals surface area contributed by atoms with Crippen molar-refractivity contribution in [1.82, 2.24) is 30.0 Å². The number of nitrogens with zero attached hydrogens (tertiary/aromatic N) is 4. The number of hydrogen-bond donors (Lipinski definition) is 7. The molecule has 238 valence electrons. The number of pyridine rings is 1. The number of nitrogen functional groups attached to an aromatic ring is 1. The lowest BCUT2D eigenvalue weighted by Crippen LogP contribution is -2.74. The summed E-state index contributed by atoms with van der Waals surface area (Å²) in [6.45, 7) is -0.886. The first kappa shape index (κ1) is 32.4. The van der Waals surface area contributed by atoms with Crippen molar-refractivity contribution in [2.45, 2.75) is 18.6 Å². The molecule has 1 saturated heterocycles. The second-order valence-corrected chi connectivity index (χ2v) is 11.3. The third kappa shape index (κ3) is 7.17. The Hall–Kier alpha value is -5.54. The Morgan fingerprint density at radius 3 is 2.42 bits per heavy atom. The van der Waals surface area contributed by atoms with Gasteiger partial charge in [-0.25, -0.2) is 9.29 Å². The Labute approximate surface area is 256 Å². The lowest BCUT2D eigenvalue weighted by Gasteiger charge is -2.44. The number of benzene rings is 1. The van der Waals surface area contributed by atoms with E-state index in [-0.39, 0.29) is 44.2 Å². The molecule has 0 aliphatic carbocycles. The number of amides is 4. The van der Waals surface area contributed by atoms with Crippen molar-refractivity contribution in [3.05, 3.63) is 74.6 Å². The molecule has 1 aliphatic heterocycles. The maximum absolute atomic E-state index is 12.9. The van der Waals surface area contributed by atoms with E-state index in [1.54, 1.807) is 0 Å². The molecular formula is C24H24N8O11S2. The highest BCUT2D eigenvalue weighted by Gasteiger charge is 2.54. The van der Waals surface area contributed by atoms with Gasteiger partial charge >= 0.3 is 10.3 Å². The molecule has 0 saturated carbocycles. The Morgan fingerprint density at radius 1 is 1.16 bits per heavy atom. The highest BCUT2D eigenvalue weighted by Crippen LogP contribution is 2.24. The average molecular weight is 665 g/mol.